The topological polar surface area (TPSA) is 32.3 Å². The van der Waals surface area contributed by atoms with Crippen LogP contribution in [0.1, 0.15) is 37.2 Å². The molecule has 0 radical (unpaired) electrons. The maximum Gasteiger partial charge on any atom is 0.231 e. The van der Waals surface area contributed by atoms with E-state index in [0.29, 0.717) is 18.0 Å². The molecule has 1 aromatic carbocycles. The van der Waals surface area contributed by atoms with Crippen LogP contribution >= 0.6 is 11.8 Å². The fourth-order valence-electron chi connectivity index (χ4n) is 4.09. The van der Waals surface area contributed by atoms with E-state index < -0.39 is 0 Å². The number of nitrogens with zero attached hydrogens (tertiary/aromatic N) is 1. The second kappa shape index (κ2) is 5.65. The molecule has 3 aliphatic heterocycles. The molecule has 3 nitrogen and oxygen atoms in total. The second-order valence-electron chi connectivity index (χ2n) is 6.35. The Bertz CT molecular complexity index is 541. The van der Waals surface area contributed by atoms with Gasteiger partial charge < -0.3 is 10.2 Å². The van der Waals surface area contributed by atoms with Gasteiger partial charge >= 0.3 is 0 Å². The van der Waals surface area contributed by atoms with Crippen LogP contribution in [0.3, 0.4) is 0 Å². The first-order valence-electron chi connectivity index (χ1n) is 8.10. The number of likely N-dealkylation sites (tertiary alicyclic amines) is 1. The van der Waals surface area contributed by atoms with Gasteiger partial charge in [-0.15, -0.1) is 11.8 Å². The zero-order valence-electron chi connectivity index (χ0n) is 12.3. The van der Waals surface area contributed by atoms with Gasteiger partial charge in [-0.25, -0.2) is 0 Å². The maximum absolute atomic E-state index is 13.1. The van der Waals surface area contributed by atoms with E-state index in [2.05, 4.69) is 34.5 Å². The molecule has 112 valence electrons. The van der Waals surface area contributed by atoms with Gasteiger partial charge in [0.2, 0.25) is 5.91 Å². The highest BCUT2D eigenvalue weighted by molar-refractivity contribution is 7.99. The average molecular weight is 302 g/mol. The second-order valence-corrected chi connectivity index (χ2v) is 7.41. The fraction of sp³-hybridized carbons (Fsp3) is 0.588. The predicted octanol–water partition coefficient (Wildman–Crippen LogP) is 2.62. The van der Waals surface area contributed by atoms with Crippen molar-refractivity contribution in [2.75, 3.05) is 18.8 Å². The molecule has 2 saturated heterocycles. The Kier molecular flexibility index (Phi) is 3.67. The summed E-state index contributed by atoms with van der Waals surface area (Å²) >= 11 is 1.83. The van der Waals surface area contributed by atoms with Crippen molar-refractivity contribution in [3.63, 3.8) is 0 Å². The standard InChI is InChI=1S/C17H22N2OS/c20-17(13-11-21-16-8-2-1-5-12(13)16)19-10-4-7-15(19)14-6-3-9-18-14/h1-2,5,8,13-15,18H,3-4,6-7,9-11H2. The van der Waals surface area contributed by atoms with Gasteiger partial charge in [0.25, 0.3) is 0 Å². The van der Waals surface area contributed by atoms with E-state index in [1.807, 2.05) is 11.8 Å². The summed E-state index contributed by atoms with van der Waals surface area (Å²) < 4.78 is 0. The zero-order chi connectivity index (χ0) is 14.2. The molecule has 3 unspecified atom stereocenters. The molecule has 2 fully saturated rings. The summed E-state index contributed by atoms with van der Waals surface area (Å²) in [5.41, 5.74) is 1.25. The van der Waals surface area contributed by atoms with Gasteiger partial charge in [-0.2, -0.15) is 0 Å². The van der Waals surface area contributed by atoms with E-state index in [0.717, 1.165) is 25.3 Å². The third-order valence-corrected chi connectivity index (χ3v) is 6.33. The first-order chi connectivity index (χ1) is 10.3. The highest BCUT2D eigenvalue weighted by Crippen LogP contribution is 2.41. The van der Waals surface area contributed by atoms with Crippen LogP contribution in [0.25, 0.3) is 0 Å². The number of hydrogen-bond donors (Lipinski definition) is 1. The Morgan fingerprint density at radius 1 is 1.24 bits per heavy atom. The van der Waals surface area contributed by atoms with Crippen LogP contribution in [0.2, 0.25) is 0 Å². The molecule has 0 aromatic heterocycles. The predicted molar refractivity (Wildman–Crippen MR) is 85.7 cm³/mol. The Morgan fingerprint density at radius 3 is 3.00 bits per heavy atom. The lowest BCUT2D eigenvalue weighted by Gasteiger charge is -2.31. The number of rotatable bonds is 2. The lowest BCUT2D eigenvalue weighted by Crippen LogP contribution is -2.48. The molecule has 1 N–H and O–H groups in total. The molecule has 21 heavy (non-hydrogen) atoms. The van der Waals surface area contributed by atoms with Gasteiger partial charge in [-0.3, -0.25) is 4.79 Å². The van der Waals surface area contributed by atoms with Crippen LogP contribution in [0.15, 0.2) is 29.2 Å². The Hall–Kier alpha value is -1.00. The minimum absolute atomic E-state index is 0.0770. The van der Waals surface area contributed by atoms with E-state index in [1.54, 1.807) is 0 Å². The summed E-state index contributed by atoms with van der Waals surface area (Å²) in [4.78, 5) is 16.5. The summed E-state index contributed by atoms with van der Waals surface area (Å²) in [7, 11) is 0. The van der Waals surface area contributed by atoms with Crippen LogP contribution < -0.4 is 5.32 Å². The third kappa shape index (κ3) is 2.38. The highest BCUT2D eigenvalue weighted by Gasteiger charge is 2.40. The maximum atomic E-state index is 13.1. The SMILES string of the molecule is O=C(C1CSc2ccccc21)N1CCCC1C1CCCN1. The summed E-state index contributed by atoms with van der Waals surface area (Å²) in [5, 5.41) is 3.59. The van der Waals surface area contributed by atoms with Crippen LogP contribution in [0, 0.1) is 0 Å². The minimum atomic E-state index is 0.0770. The Labute approximate surface area is 130 Å². The van der Waals surface area contributed by atoms with Crippen LogP contribution in [0.4, 0.5) is 0 Å². The number of carbonyl (C=O) groups excluding carboxylic acids is 1. The zero-order valence-corrected chi connectivity index (χ0v) is 13.1. The first kappa shape index (κ1) is 13.6. The molecule has 0 bridgehead atoms. The van der Waals surface area contributed by atoms with Crippen LogP contribution in [-0.4, -0.2) is 41.7 Å². The Balaban J connectivity index is 1.54. The fourth-order valence-corrected chi connectivity index (χ4v) is 5.31. The van der Waals surface area contributed by atoms with Crippen molar-refractivity contribution in [2.45, 2.75) is 48.6 Å². The number of benzene rings is 1. The van der Waals surface area contributed by atoms with Crippen molar-refractivity contribution in [1.29, 1.82) is 0 Å². The largest absolute Gasteiger partial charge is 0.338 e. The molecule has 4 heteroatoms. The van der Waals surface area contributed by atoms with Gasteiger partial charge in [0.15, 0.2) is 0 Å². The normalized spacial score (nSPS) is 31.6. The van der Waals surface area contributed by atoms with Crippen molar-refractivity contribution in [1.82, 2.24) is 10.2 Å². The summed E-state index contributed by atoms with van der Waals surface area (Å²) in [6, 6.07) is 9.37. The Morgan fingerprint density at radius 2 is 2.14 bits per heavy atom. The van der Waals surface area contributed by atoms with E-state index in [1.165, 1.54) is 29.7 Å². The van der Waals surface area contributed by atoms with Crippen molar-refractivity contribution in [3.8, 4) is 0 Å². The molecule has 0 saturated carbocycles. The van der Waals surface area contributed by atoms with Gasteiger partial charge in [0.1, 0.15) is 0 Å². The van der Waals surface area contributed by atoms with Gasteiger partial charge in [0, 0.05) is 29.3 Å². The number of thioether (sulfide) groups is 1. The molecule has 1 amide bonds. The third-order valence-electron chi connectivity index (χ3n) is 5.14. The lowest BCUT2D eigenvalue weighted by atomic mass is 9.98. The van der Waals surface area contributed by atoms with Crippen LogP contribution in [0.5, 0.6) is 0 Å². The first-order valence-corrected chi connectivity index (χ1v) is 9.09. The number of hydrogen-bond acceptors (Lipinski definition) is 3. The molecule has 0 spiro atoms. The monoisotopic (exact) mass is 302 g/mol. The van der Waals surface area contributed by atoms with Crippen molar-refractivity contribution < 1.29 is 4.79 Å². The molecule has 1 aromatic rings. The van der Waals surface area contributed by atoms with Gasteiger partial charge in [-0.1, -0.05) is 18.2 Å². The smallest absolute Gasteiger partial charge is 0.231 e. The van der Waals surface area contributed by atoms with E-state index in [-0.39, 0.29) is 5.92 Å². The molecule has 4 rings (SSSR count). The summed E-state index contributed by atoms with van der Waals surface area (Å²) in [5.74, 6) is 1.36. The van der Waals surface area contributed by atoms with Crippen LogP contribution in [-0.2, 0) is 4.79 Å². The average Bonchev–Trinajstić information content (AvgIpc) is 3.25. The molecule has 0 aliphatic carbocycles. The van der Waals surface area contributed by atoms with Gasteiger partial charge in [0.05, 0.1) is 5.92 Å². The molecule has 3 aliphatic rings. The summed E-state index contributed by atoms with van der Waals surface area (Å²) in [6.45, 7) is 2.07. The van der Waals surface area contributed by atoms with Gasteiger partial charge in [-0.05, 0) is 43.9 Å². The quantitative estimate of drug-likeness (QED) is 0.911. The number of carbonyl (C=O) groups is 1. The lowest BCUT2D eigenvalue weighted by molar-refractivity contribution is -0.133. The van der Waals surface area contributed by atoms with Crippen molar-refractivity contribution >= 4 is 17.7 Å². The van der Waals surface area contributed by atoms with Crippen molar-refractivity contribution in [3.05, 3.63) is 29.8 Å². The number of amides is 1. The minimum Gasteiger partial charge on any atom is -0.338 e. The molecular weight excluding hydrogens is 280 g/mol. The number of fused-ring (bicyclic) bond motifs is 1. The molecular formula is C17H22N2OS. The highest BCUT2D eigenvalue weighted by atomic mass is 32.2. The van der Waals surface area contributed by atoms with Crippen molar-refractivity contribution in [2.24, 2.45) is 0 Å². The van der Waals surface area contributed by atoms with E-state index >= 15 is 0 Å². The molecule has 3 heterocycles. The summed E-state index contributed by atoms with van der Waals surface area (Å²) in [6.07, 6.45) is 4.82. The number of nitrogens with one attached hydrogen (secondary N) is 1. The van der Waals surface area contributed by atoms with E-state index in [4.69, 9.17) is 0 Å². The molecule has 3 atom stereocenters. The van der Waals surface area contributed by atoms with E-state index in [9.17, 15) is 4.79 Å².